The summed E-state index contributed by atoms with van der Waals surface area (Å²) in [5.41, 5.74) is 6.26. The van der Waals surface area contributed by atoms with Crippen LogP contribution in [0, 0.1) is 0 Å². The third-order valence-electron chi connectivity index (χ3n) is 2.94. The molecule has 82 valence electrons. The van der Waals surface area contributed by atoms with E-state index in [9.17, 15) is 4.79 Å². The average molecular weight is 208 g/mol. The van der Waals surface area contributed by atoms with Gasteiger partial charge in [0, 0.05) is 6.20 Å². The number of carbonyl (C=O) groups excluding carboxylic acids is 1. The van der Waals surface area contributed by atoms with Crippen molar-refractivity contribution in [3.63, 3.8) is 0 Å². The molecule has 0 bridgehead atoms. The number of rotatable bonds is 3. The van der Waals surface area contributed by atoms with Crippen molar-refractivity contribution in [3.05, 3.63) is 18.2 Å². The zero-order chi connectivity index (χ0) is 10.7. The van der Waals surface area contributed by atoms with Crippen LogP contribution in [0.25, 0.3) is 0 Å². The summed E-state index contributed by atoms with van der Waals surface area (Å²) in [6, 6.07) is 0. The van der Waals surface area contributed by atoms with Gasteiger partial charge in [0.25, 0.3) is 0 Å². The standard InChI is InChI=1S/C10H16N4O/c11-10(3-1-2-4-10)9(15)13-6-8-5-12-7-14-8/h5,7H,1-4,6,11H2,(H,12,14)(H,13,15). The third kappa shape index (κ3) is 2.18. The van der Waals surface area contributed by atoms with Crippen LogP contribution in [-0.4, -0.2) is 21.4 Å². The second kappa shape index (κ2) is 4.02. The number of nitrogens with two attached hydrogens (primary N) is 1. The highest BCUT2D eigenvalue weighted by atomic mass is 16.2. The molecule has 0 unspecified atom stereocenters. The SMILES string of the molecule is NC1(C(=O)NCc2cnc[nH]2)CCCC1. The Kier molecular flexibility index (Phi) is 2.73. The van der Waals surface area contributed by atoms with Crippen molar-refractivity contribution < 1.29 is 4.79 Å². The van der Waals surface area contributed by atoms with E-state index in [4.69, 9.17) is 5.73 Å². The Hall–Kier alpha value is -1.36. The molecule has 4 N–H and O–H groups in total. The monoisotopic (exact) mass is 208 g/mol. The summed E-state index contributed by atoms with van der Waals surface area (Å²) in [6.07, 6.45) is 6.97. The molecule has 1 fully saturated rings. The van der Waals surface area contributed by atoms with Crippen LogP contribution in [0.1, 0.15) is 31.4 Å². The fraction of sp³-hybridized carbons (Fsp3) is 0.600. The van der Waals surface area contributed by atoms with E-state index in [2.05, 4.69) is 15.3 Å². The van der Waals surface area contributed by atoms with Crippen molar-refractivity contribution in [2.75, 3.05) is 0 Å². The molecule has 0 spiro atoms. The molecule has 0 atom stereocenters. The van der Waals surface area contributed by atoms with Crippen LogP contribution >= 0.6 is 0 Å². The lowest BCUT2D eigenvalue weighted by Crippen LogP contribution is -2.51. The molecule has 1 aliphatic carbocycles. The molecule has 0 aromatic carbocycles. The van der Waals surface area contributed by atoms with Gasteiger partial charge in [-0.1, -0.05) is 12.8 Å². The smallest absolute Gasteiger partial charge is 0.240 e. The topological polar surface area (TPSA) is 83.8 Å². The number of H-pyrrole nitrogens is 1. The van der Waals surface area contributed by atoms with Gasteiger partial charge in [0.1, 0.15) is 0 Å². The largest absolute Gasteiger partial charge is 0.349 e. The van der Waals surface area contributed by atoms with E-state index in [-0.39, 0.29) is 5.91 Å². The maximum Gasteiger partial charge on any atom is 0.240 e. The molecule has 1 amide bonds. The molecule has 1 saturated carbocycles. The van der Waals surface area contributed by atoms with E-state index in [1.165, 1.54) is 0 Å². The number of imidazole rings is 1. The van der Waals surface area contributed by atoms with Crippen molar-refractivity contribution in [2.24, 2.45) is 5.73 Å². The number of aromatic nitrogens is 2. The Bertz CT molecular complexity index is 327. The fourth-order valence-corrected chi connectivity index (χ4v) is 1.97. The zero-order valence-electron chi connectivity index (χ0n) is 8.62. The molecule has 1 aromatic heterocycles. The van der Waals surface area contributed by atoms with Gasteiger partial charge in [0.2, 0.25) is 5.91 Å². The summed E-state index contributed by atoms with van der Waals surface area (Å²) in [6.45, 7) is 0.470. The van der Waals surface area contributed by atoms with Gasteiger partial charge in [-0.15, -0.1) is 0 Å². The van der Waals surface area contributed by atoms with Crippen molar-refractivity contribution in [3.8, 4) is 0 Å². The van der Waals surface area contributed by atoms with E-state index in [0.717, 1.165) is 31.4 Å². The molecule has 0 aliphatic heterocycles. The van der Waals surface area contributed by atoms with Crippen molar-refractivity contribution in [1.82, 2.24) is 15.3 Å². The van der Waals surface area contributed by atoms with Gasteiger partial charge >= 0.3 is 0 Å². The van der Waals surface area contributed by atoms with E-state index in [0.29, 0.717) is 6.54 Å². The number of amides is 1. The number of nitrogens with one attached hydrogen (secondary N) is 2. The molecule has 1 aliphatic rings. The number of aromatic amines is 1. The van der Waals surface area contributed by atoms with Gasteiger partial charge in [-0.25, -0.2) is 4.98 Å². The highest BCUT2D eigenvalue weighted by Gasteiger charge is 2.36. The molecule has 1 aromatic rings. The van der Waals surface area contributed by atoms with Crippen molar-refractivity contribution in [1.29, 1.82) is 0 Å². The Morgan fingerprint density at radius 2 is 2.33 bits per heavy atom. The summed E-state index contributed by atoms with van der Waals surface area (Å²) < 4.78 is 0. The van der Waals surface area contributed by atoms with Gasteiger partial charge in [0.15, 0.2) is 0 Å². The van der Waals surface area contributed by atoms with Gasteiger partial charge in [-0.2, -0.15) is 0 Å². The van der Waals surface area contributed by atoms with Gasteiger partial charge in [-0.05, 0) is 12.8 Å². The molecule has 1 heterocycles. The first-order valence-electron chi connectivity index (χ1n) is 5.25. The molecular formula is C10H16N4O. The van der Waals surface area contributed by atoms with E-state index < -0.39 is 5.54 Å². The van der Waals surface area contributed by atoms with E-state index in [1.807, 2.05) is 0 Å². The van der Waals surface area contributed by atoms with Crippen molar-refractivity contribution >= 4 is 5.91 Å². The molecule has 0 radical (unpaired) electrons. The molecule has 2 rings (SSSR count). The second-order valence-electron chi connectivity index (χ2n) is 4.12. The van der Waals surface area contributed by atoms with Crippen LogP contribution in [0.2, 0.25) is 0 Å². The van der Waals surface area contributed by atoms with Crippen LogP contribution < -0.4 is 11.1 Å². The summed E-state index contributed by atoms with van der Waals surface area (Å²) in [5, 5.41) is 2.83. The minimum Gasteiger partial charge on any atom is -0.349 e. The number of hydrogen-bond donors (Lipinski definition) is 3. The van der Waals surface area contributed by atoms with E-state index >= 15 is 0 Å². The minimum absolute atomic E-state index is 0.0467. The van der Waals surface area contributed by atoms with Crippen LogP contribution in [0.15, 0.2) is 12.5 Å². The summed E-state index contributed by atoms with van der Waals surface area (Å²) in [5.74, 6) is -0.0467. The summed E-state index contributed by atoms with van der Waals surface area (Å²) >= 11 is 0. The Morgan fingerprint density at radius 3 is 2.93 bits per heavy atom. The molecule has 0 saturated heterocycles. The van der Waals surface area contributed by atoms with Crippen LogP contribution in [0.3, 0.4) is 0 Å². The van der Waals surface area contributed by atoms with Gasteiger partial charge in [0.05, 0.1) is 24.1 Å². The second-order valence-corrected chi connectivity index (χ2v) is 4.12. The predicted molar refractivity (Wildman–Crippen MR) is 55.8 cm³/mol. The molecule has 5 nitrogen and oxygen atoms in total. The lowest BCUT2D eigenvalue weighted by molar-refractivity contribution is -0.126. The average Bonchev–Trinajstić information content (AvgIpc) is 2.85. The maximum absolute atomic E-state index is 11.8. The van der Waals surface area contributed by atoms with E-state index in [1.54, 1.807) is 12.5 Å². The summed E-state index contributed by atoms with van der Waals surface area (Å²) in [7, 11) is 0. The zero-order valence-corrected chi connectivity index (χ0v) is 8.62. The van der Waals surface area contributed by atoms with Gasteiger partial charge in [-0.3, -0.25) is 4.79 Å². The van der Waals surface area contributed by atoms with Crippen LogP contribution in [0.4, 0.5) is 0 Å². The quantitative estimate of drug-likeness (QED) is 0.668. The normalized spacial score (nSPS) is 19.0. The van der Waals surface area contributed by atoms with Crippen molar-refractivity contribution in [2.45, 2.75) is 37.8 Å². The molecule has 15 heavy (non-hydrogen) atoms. The molecule has 5 heteroatoms. The highest BCUT2D eigenvalue weighted by molar-refractivity contribution is 5.86. The maximum atomic E-state index is 11.8. The minimum atomic E-state index is -0.639. The number of nitrogens with zero attached hydrogens (tertiary/aromatic N) is 1. The summed E-state index contributed by atoms with van der Waals surface area (Å²) in [4.78, 5) is 18.6. The Morgan fingerprint density at radius 1 is 1.60 bits per heavy atom. The highest BCUT2D eigenvalue weighted by Crippen LogP contribution is 2.27. The Balaban J connectivity index is 1.87. The first-order chi connectivity index (χ1) is 7.21. The van der Waals surface area contributed by atoms with Gasteiger partial charge < -0.3 is 16.0 Å². The fourth-order valence-electron chi connectivity index (χ4n) is 1.97. The predicted octanol–water partition coefficient (Wildman–Crippen LogP) is 0.297. The first kappa shape index (κ1) is 10.2. The van der Waals surface area contributed by atoms with Crippen LogP contribution in [0.5, 0.6) is 0 Å². The lowest BCUT2D eigenvalue weighted by Gasteiger charge is -2.21. The van der Waals surface area contributed by atoms with Crippen LogP contribution in [-0.2, 0) is 11.3 Å². The first-order valence-corrected chi connectivity index (χ1v) is 5.25. The lowest BCUT2D eigenvalue weighted by atomic mass is 9.98. The third-order valence-corrected chi connectivity index (χ3v) is 2.94. The number of hydrogen-bond acceptors (Lipinski definition) is 3. The Labute approximate surface area is 88.5 Å². The number of carbonyl (C=O) groups is 1. The molecular weight excluding hydrogens is 192 g/mol.